The lowest BCUT2D eigenvalue weighted by molar-refractivity contribution is 0.113. The molecule has 118 valence electrons. The Labute approximate surface area is 134 Å². The number of fused-ring (bicyclic) bond motifs is 1. The fraction of sp³-hybridized carbons (Fsp3) is 1.00. The smallest absolute Gasteiger partial charge is 0.0628 e. The molecule has 0 heterocycles. The van der Waals surface area contributed by atoms with Crippen LogP contribution in [0.5, 0.6) is 0 Å². The molecule has 0 aromatic heterocycles. The van der Waals surface area contributed by atoms with Crippen LogP contribution in [0.1, 0.15) is 96.8 Å². The number of hydrogen-bond donors (Lipinski definition) is 0. The Morgan fingerprint density at radius 3 is 2.10 bits per heavy atom. The van der Waals surface area contributed by atoms with Gasteiger partial charge in [0.2, 0.25) is 0 Å². The van der Waals surface area contributed by atoms with Crippen LogP contribution in [-0.4, -0.2) is 7.85 Å². The predicted molar refractivity (Wildman–Crippen MR) is 92.7 cm³/mol. The highest BCUT2D eigenvalue weighted by molar-refractivity contribution is 6.15. The van der Waals surface area contributed by atoms with Crippen molar-refractivity contribution >= 4 is 7.85 Å². The van der Waals surface area contributed by atoms with Crippen molar-refractivity contribution in [2.75, 3.05) is 0 Å². The molecule has 3 saturated carbocycles. The van der Waals surface area contributed by atoms with E-state index in [9.17, 15) is 0 Å². The van der Waals surface area contributed by atoms with Gasteiger partial charge in [-0.25, -0.2) is 0 Å². The molecule has 0 N–H and O–H groups in total. The van der Waals surface area contributed by atoms with Crippen molar-refractivity contribution in [1.82, 2.24) is 0 Å². The van der Waals surface area contributed by atoms with Crippen molar-refractivity contribution in [2.24, 2.45) is 23.7 Å². The molecule has 0 nitrogen and oxygen atoms in total. The lowest BCUT2D eigenvalue weighted by Crippen LogP contribution is -2.36. The van der Waals surface area contributed by atoms with E-state index in [4.69, 9.17) is 7.85 Å². The summed E-state index contributed by atoms with van der Waals surface area (Å²) in [5.74, 6) is 3.64. The fourth-order valence-electron chi connectivity index (χ4n) is 6.26. The second-order valence-electron chi connectivity index (χ2n) is 8.64. The Balaban J connectivity index is 1.86. The van der Waals surface area contributed by atoms with Crippen molar-refractivity contribution in [2.45, 2.75) is 102 Å². The van der Waals surface area contributed by atoms with Crippen LogP contribution in [0, 0.1) is 23.7 Å². The van der Waals surface area contributed by atoms with Gasteiger partial charge < -0.3 is 0 Å². The van der Waals surface area contributed by atoms with Crippen LogP contribution in [0.3, 0.4) is 0 Å². The summed E-state index contributed by atoms with van der Waals surface area (Å²) in [4.78, 5) is 0. The molecule has 3 fully saturated rings. The van der Waals surface area contributed by atoms with Crippen LogP contribution >= 0.6 is 0 Å². The Kier molecular flexibility index (Phi) is 5.38. The van der Waals surface area contributed by atoms with E-state index in [-0.39, 0.29) is 5.31 Å². The summed E-state index contributed by atoms with van der Waals surface area (Å²) in [5, 5.41) is 0.174. The molecule has 3 aliphatic rings. The largest absolute Gasteiger partial charge is 0.0750 e. The van der Waals surface area contributed by atoms with Gasteiger partial charge >= 0.3 is 0 Å². The van der Waals surface area contributed by atoms with Crippen LogP contribution in [-0.2, 0) is 0 Å². The van der Waals surface area contributed by atoms with Crippen LogP contribution in [0.15, 0.2) is 0 Å². The van der Waals surface area contributed by atoms with Gasteiger partial charge in [0.25, 0.3) is 0 Å². The van der Waals surface area contributed by atoms with Crippen molar-refractivity contribution in [3.8, 4) is 0 Å². The van der Waals surface area contributed by atoms with E-state index >= 15 is 0 Å². The van der Waals surface area contributed by atoms with Crippen molar-refractivity contribution in [3.05, 3.63) is 0 Å². The first kappa shape index (κ1) is 15.9. The molecule has 0 aromatic carbocycles. The summed E-state index contributed by atoms with van der Waals surface area (Å²) in [6.45, 7) is 2.54. The van der Waals surface area contributed by atoms with E-state index in [0.29, 0.717) is 0 Å². The zero-order chi connectivity index (χ0) is 14.7. The summed E-state index contributed by atoms with van der Waals surface area (Å²) in [6.07, 6.45) is 20.1. The second-order valence-corrected chi connectivity index (χ2v) is 8.64. The molecular formula is C20H35B. The van der Waals surface area contributed by atoms with E-state index in [2.05, 4.69) is 6.92 Å². The third kappa shape index (κ3) is 3.53. The van der Waals surface area contributed by atoms with Gasteiger partial charge in [0.05, 0.1) is 7.85 Å². The summed E-state index contributed by atoms with van der Waals surface area (Å²) < 4.78 is 0. The Bertz CT molecular complexity index is 316. The van der Waals surface area contributed by atoms with E-state index in [1.165, 1.54) is 89.9 Å². The maximum atomic E-state index is 7.15. The Hall–Kier alpha value is 0.0649. The molecule has 0 bridgehead atoms. The topological polar surface area (TPSA) is 0 Å². The van der Waals surface area contributed by atoms with Gasteiger partial charge in [0, 0.05) is 0 Å². The summed E-state index contributed by atoms with van der Waals surface area (Å²) in [7, 11) is 7.15. The highest BCUT2D eigenvalue weighted by Crippen LogP contribution is 2.57. The average molecular weight is 286 g/mol. The molecule has 2 radical (unpaired) electrons. The lowest BCUT2D eigenvalue weighted by Gasteiger charge is -2.47. The predicted octanol–water partition coefficient (Wildman–Crippen LogP) is 6.30. The minimum atomic E-state index is 0.174. The first-order valence-corrected chi connectivity index (χ1v) is 9.99. The van der Waals surface area contributed by atoms with Crippen molar-refractivity contribution in [1.29, 1.82) is 0 Å². The minimum absolute atomic E-state index is 0.174. The van der Waals surface area contributed by atoms with Gasteiger partial charge in [0.15, 0.2) is 0 Å². The summed E-state index contributed by atoms with van der Waals surface area (Å²) >= 11 is 0. The molecule has 21 heavy (non-hydrogen) atoms. The minimum Gasteiger partial charge on any atom is -0.0628 e. The third-order valence-corrected chi connectivity index (χ3v) is 7.22. The zero-order valence-corrected chi connectivity index (χ0v) is 14.3. The molecular weight excluding hydrogens is 251 g/mol. The maximum Gasteiger partial charge on any atom is 0.0750 e. The zero-order valence-electron chi connectivity index (χ0n) is 14.3. The van der Waals surface area contributed by atoms with Gasteiger partial charge in [0.1, 0.15) is 0 Å². The van der Waals surface area contributed by atoms with Crippen LogP contribution in [0.4, 0.5) is 0 Å². The SMILES string of the molecule is [B]C1(C2C(C)CCCC3CCCCCC32)CCCCCC1. The summed E-state index contributed by atoms with van der Waals surface area (Å²) in [6, 6.07) is 0. The van der Waals surface area contributed by atoms with E-state index in [1.807, 2.05) is 0 Å². The molecule has 0 saturated heterocycles. The standard InChI is InChI=1S/C20H35B/c1-16-10-9-12-17-11-5-4-6-13-18(17)19(16)20(21)14-7-2-3-8-15-20/h16-19H,2-15H2,1H3. The molecule has 0 amide bonds. The van der Waals surface area contributed by atoms with Gasteiger partial charge in [-0.05, 0) is 30.1 Å². The quantitative estimate of drug-likeness (QED) is 0.392. The van der Waals surface area contributed by atoms with Gasteiger partial charge in [-0.1, -0.05) is 95.7 Å². The monoisotopic (exact) mass is 286 g/mol. The van der Waals surface area contributed by atoms with Crippen LogP contribution < -0.4 is 0 Å². The van der Waals surface area contributed by atoms with Crippen molar-refractivity contribution < 1.29 is 0 Å². The lowest BCUT2D eigenvalue weighted by atomic mass is 9.49. The molecule has 3 rings (SSSR count). The van der Waals surface area contributed by atoms with Gasteiger partial charge in [-0.3, -0.25) is 0 Å². The molecule has 4 unspecified atom stereocenters. The van der Waals surface area contributed by atoms with Gasteiger partial charge in [-0.15, -0.1) is 0 Å². The molecule has 3 aliphatic carbocycles. The second kappa shape index (κ2) is 7.09. The first-order valence-electron chi connectivity index (χ1n) is 9.99. The fourth-order valence-corrected chi connectivity index (χ4v) is 6.26. The Morgan fingerprint density at radius 2 is 1.33 bits per heavy atom. The summed E-state index contributed by atoms with van der Waals surface area (Å²) in [5.41, 5.74) is 0. The van der Waals surface area contributed by atoms with Crippen molar-refractivity contribution in [3.63, 3.8) is 0 Å². The average Bonchev–Trinajstić information content (AvgIpc) is 2.86. The normalized spacial score (nSPS) is 41.4. The van der Waals surface area contributed by atoms with Gasteiger partial charge in [-0.2, -0.15) is 0 Å². The number of rotatable bonds is 1. The van der Waals surface area contributed by atoms with Crippen LogP contribution in [0.25, 0.3) is 0 Å². The highest BCUT2D eigenvalue weighted by atomic mass is 14.5. The molecule has 0 aliphatic heterocycles. The van der Waals surface area contributed by atoms with E-state index in [1.54, 1.807) is 0 Å². The van der Waals surface area contributed by atoms with E-state index in [0.717, 1.165) is 23.7 Å². The molecule has 0 aromatic rings. The molecule has 4 atom stereocenters. The first-order chi connectivity index (χ1) is 10.2. The maximum absolute atomic E-state index is 7.15. The van der Waals surface area contributed by atoms with Crippen LogP contribution in [0.2, 0.25) is 5.31 Å². The third-order valence-electron chi connectivity index (χ3n) is 7.22. The molecule has 1 heteroatoms. The molecule has 0 spiro atoms. The number of hydrogen-bond acceptors (Lipinski definition) is 0. The Morgan fingerprint density at radius 1 is 0.714 bits per heavy atom. The highest BCUT2D eigenvalue weighted by Gasteiger charge is 2.45. The van der Waals surface area contributed by atoms with E-state index < -0.39 is 0 Å².